The van der Waals surface area contributed by atoms with Crippen LogP contribution in [0.3, 0.4) is 0 Å². The van der Waals surface area contributed by atoms with Crippen LogP contribution in [-0.2, 0) is 0 Å². The van der Waals surface area contributed by atoms with Gasteiger partial charge in [-0.15, -0.1) is 0 Å². The molecule has 0 bridgehead atoms. The normalized spacial score (nSPS) is 10.4. The first-order valence-corrected chi connectivity index (χ1v) is 5.06. The summed E-state index contributed by atoms with van der Waals surface area (Å²) in [7, 11) is 0. The topological polar surface area (TPSA) is 39.2 Å². The van der Waals surface area contributed by atoms with E-state index >= 15 is 0 Å². The Bertz CT molecular complexity index is 442. The van der Waals surface area contributed by atoms with Crippen LogP contribution >= 0.6 is 15.9 Å². The Morgan fingerprint density at radius 3 is 2.64 bits per heavy atom. The molecule has 2 N–H and O–H groups in total. The molecule has 0 amide bonds. The first-order valence-electron chi connectivity index (χ1n) is 4.27. The minimum atomic E-state index is 0.753. The lowest BCUT2D eigenvalue weighted by Gasteiger charge is -2.02. The quantitative estimate of drug-likeness (QED) is 0.787. The summed E-state index contributed by atoms with van der Waals surface area (Å²) in [6.45, 7) is 2.01. The Labute approximate surface area is 90.9 Å². The number of anilines is 1. The van der Waals surface area contributed by atoms with Crippen LogP contribution in [-0.4, -0.2) is 0 Å². The summed E-state index contributed by atoms with van der Waals surface area (Å²) in [5.41, 5.74) is 8.64. The Morgan fingerprint density at radius 1 is 1.29 bits per heavy atom. The Hall–Kier alpha value is -1.22. The minimum absolute atomic E-state index is 0.753. The first kappa shape index (κ1) is 9.34. The molecule has 0 radical (unpaired) electrons. The molecule has 1 aromatic heterocycles. The van der Waals surface area contributed by atoms with E-state index in [2.05, 4.69) is 15.9 Å². The van der Waals surface area contributed by atoms with E-state index in [-0.39, 0.29) is 0 Å². The van der Waals surface area contributed by atoms with Gasteiger partial charge < -0.3 is 10.2 Å². The maximum atomic E-state index is 5.76. The van der Waals surface area contributed by atoms with Crippen LogP contribution in [0.2, 0.25) is 0 Å². The van der Waals surface area contributed by atoms with Gasteiger partial charge in [0.05, 0.1) is 10.7 Å². The molecule has 0 atom stereocenters. The Morgan fingerprint density at radius 2 is 2.07 bits per heavy atom. The van der Waals surface area contributed by atoms with Crippen LogP contribution in [0.1, 0.15) is 5.56 Å². The van der Waals surface area contributed by atoms with Crippen LogP contribution in [0, 0.1) is 6.92 Å². The molecule has 0 spiro atoms. The van der Waals surface area contributed by atoms with Crippen molar-refractivity contribution < 1.29 is 4.42 Å². The van der Waals surface area contributed by atoms with Crippen LogP contribution in [0.15, 0.2) is 39.4 Å². The van der Waals surface area contributed by atoms with Crippen molar-refractivity contribution in [1.29, 1.82) is 0 Å². The number of benzene rings is 1. The number of halogens is 1. The molecule has 72 valence electrons. The number of rotatable bonds is 1. The van der Waals surface area contributed by atoms with Crippen molar-refractivity contribution in [3.05, 3.63) is 40.6 Å². The molecule has 0 aliphatic rings. The number of hydrogen-bond acceptors (Lipinski definition) is 2. The van der Waals surface area contributed by atoms with E-state index in [0.717, 1.165) is 27.0 Å². The highest BCUT2D eigenvalue weighted by atomic mass is 79.9. The molecule has 3 heteroatoms. The van der Waals surface area contributed by atoms with E-state index in [9.17, 15) is 0 Å². The third kappa shape index (κ3) is 1.68. The molecular formula is C11H10BrNO. The van der Waals surface area contributed by atoms with Crippen molar-refractivity contribution in [3.8, 4) is 11.3 Å². The summed E-state index contributed by atoms with van der Waals surface area (Å²) in [6.07, 6.45) is 1.65. The van der Waals surface area contributed by atoms with Crippen LogP contribution in [0.25, 0.3) is 11.3 Å². The summed E-state index contributed by atoms with van der Waals surface area (Å²) in [4.78, 5) is 0. The molecule has 0 unspecified atom stereocenters. The smallest absolute Gasteiger partial charge is 0.148 e. The minimum Gasteiger partial charge on any atom is -0.463 e. The molecule has 1 heterocycles. The third-order valence-electron chi connectivity index (χ3n) is 1.98. The molecular weight excluding hydrogens is 242 g/mol. The predicted octanol–water partition coefficient (Wildman–Crippen LogP) is 3.60. The first-order chi connectivity index (χ1) is 6.66. The second-order valence-corrected chi connectivity index (χ2v) is 4.08. The van der Waals surface area contributed by atoms with Gasteiger partial charge in [0.1, 0.15) is 5.76 Å². The molecule has 2 aromatic rings. The van der Waals surface area contributed by atoms with Gasteiger partial charge in [-0.25, -0.2) is 0 Å². The van der Waals surface area contributed by atoms with E-state index in [1.165, 1.54) is 0 Å². The van der Waals surface area contributed by atoms with Crippen molar-refractivity contribution >= 4 is 21.6 Å². The van der Waals surface area contributed by atoms with Gasteiger partial charge in [-0.2, -0.15) is 0 Å². The molecule has 0 fully saturated rings. The van der Waals surface area contributed by atoms with Crippen LogP contribution in [0.5, 0.6) is 0 Å². The second-order valence-electron chi connectivity index (χ2n) is 3.23. The Balaban J connectivity index is 2.57. The zero-order valence-electron chi connectivity index (χ0n) is 7.75. The van der Waals surface area contributed by atoms with Crippen LogP contribution < -0.4 is 5.73 Å². The predicted molar refractivity (Wildman–Crippen MR) is 61.0 cm³/mol. The number of hydrogen-bond donors (Lipinski definition) is 1. The summed E-state index contributed by atoms with van der Waals surface area (Å²) in [6, 6.07) is 7.74. The SMILES string of the molecule is Cc1cc(N)cc(-c2occc2Br)c1. The molecule has 0 aliphatic heterocycles. The van der Waals surface area contributed by atoms with E-state index in [1.807, 2.05) is 31.2 Å². The molecule has 0 saturated heterocycles. The number of nitrogens with two attached hydrogens (primary N) is 1. The van der Waals surface area contributed by atoms with E-state index < -0.39 is 0 Å². The standard InChI is InChI=1S/C11H10BrNO/c1-7-4-8(6-9(13)5-7)11-10(12)2-3-14-11/h2-6H,13H2,1H3. The van der Waals surface area contributed by atoms with Crippen molar-refractivity contribution in [2.75, 3.05) is 5.73 Å². The summed E-state index contributed by atoms with van der Waals surface area (Å²) >= 11 is 3.42. The van der Waals surface area contributed by atoms with E-state index in [4.69, 9.17) is 10.2 Å². The molecule has 1 aromatic carbocycles. The maximum absolute atomic E-state index is 5.76. The van der Waals surface area contributed by atoms with Gasteiger partial charge in [-0.1, -0.05) is 0 Å². The van der Waals surface area contributed by atoms with Crippen molar-refractivity contribution in [2.24, 2.45) is 0 Å². The van der Waals surface area contributed by atoms with Crippen molar-refractivity contribution in [2.45, 2.75) is 6.92 Å². The number of nitrogen functional groups attached to an aromatic ring is 1. The zero-order valence-corrected chi connectivity index (χ0v) is 9.34. The van der Waals surface area contributed by atoms with Gasteiger partial charge in [-0.05, 0) is 52.7 Å². The van der Waals surface area contributed by atoms with Gasteiger partial charge in [0.25, 0.3) is 0 Å². The number of furan rings is 1. The number of aryl methyl sites for hydroxylation is 1. The third-order valence-corrected chi connectivity index (χ3v) is 2.60. The van der Waals surface area contributed by atoms with Crippen LogP contribution in [0.4, 0.5) is 5.69 Å². The second kappa shape index (κ2) is 3.50. The fourth-order valence-corrected chi connectivity index (χ4v) is 1.87. The van der Waals surface area contributed by atoms with E-state index in [1.54, 1.807) is 6.26 Å². The van der Waals surface area contributed by atoms with Crippen molar-refractivity contribution in [1.82, 2.24) is 0 Å². The maximum Gasteiger partial charge on any atom is 0.148 e. The summed E-state index contributed by atoms with van der Waals surface area (Å²) in [5.74, 6) is 0.820. The van der Waals surface area contributed by atoms with Gasteiger partial charge >= 0.3 is 0 Å². The largest absolute Gasteiger partial charge is 0.463 e. The average Bonchev–Trinajstić information content (AvgIpc) is 2.49. The lowest BCUT2D eigenvalue weighted by molar-refractivity contribution is 0.581. The molecule has 2 nitrogen and oxygen atoms in total. The average molecular weight is 252 g/mol. The highest BCUT2D eigenvalue weighted by Crippen LogP contribution is 2.30. The fourth-order valence-electron chi connectivity index (χ4n) is 1.44. The van der Waals surface area contributed by atoms with E-state index in [0.29, 0.717) is 0 Å². The molecule has 2 rings (SSSR count). The Kier molecular flexibility index (Phi) is 2.33. The highest BCUT2D eigenvalue weighted by Gasteiger charge is 2.07. The molecule has 0 aliphatic carbocycles. The summed E-state index contributed by atoms with van der Waals surface area (Å²) in [5, 5.41) is 0. The highest BCUT2D eigenvalue weighted by molar-refractivity contribution is 9.10. The fraction of sp³-hybridized carbons (Fsp3) is 0.0909. The van der Waals surface area contributed by atoms with Gasteiger partial charge in [0.2, 0.25) is 0 Å². The van der Waals surface area contributed by atoms with Gasteiger partial charge in [0.15, 0.2) is 0 Å². The monoisotopic (exact) mass is 251 g/mol. The van der Waals surface area contributed by atoms with Crippen molar-refractivity contribution in [3.63, 3.8) is 0 Å². The van der Waals surface area contributed by atoms with Gasteiger partial charge in [-0.3, -0.25) is 0 Å². The lowest BCUT2D eigenvalue weighted by Crippen LogP contribution is -1.87. The lowest BCUT2D eigenvalue weighted by atomic mass is 10.1. The molecule has 14 heavy (non-hydrogen) atoms. The molecule has 0 saturated carbocycles. The summed E-state index contributed by atoms with van der Waals surface area (Å²) < 4.78 is 6.30. The zero-order chi connectivity index (χ0) is 10.1. The van der Waals surface area contributed by atoms with Gasteiger partial charge in [0, 0.05) is 11.3 Å².